The van der Waals surface area contributed by atoms with Gasteiger partial charge in [-0.25, -0.2) is 4.39 Å². The first-order valence-electron chi connectivity index (χ1n) is 5.79. The fourth-order valence-corrected chi connectivity index (χ4v) is 1.64. The second-order valence-corrected chi connectivity index (χ2v) is 4.96. The van der Waals surface area contributed by atoms with Gasteiger partial charge in [-0.05, 0) is 17.7 Å². The number of rotatable bonds is 6. The van der Waals surface area contributed by atoms with E-state index in [2.05, 4.69) is 19.2 Å². The lowest BCUT2D eigenvalue weighted by atomic mass is 9.84. The molecular formula is C13H21FN2O. The summed E-state index contributed by atoms with van der Waals surface area (Å²) in [5.41, 5.74) is 6.58. The van der Waals surface area contributed by atoms with Crippen LogP contribution in [0.1, 0.15) is 19.4 Å². The van der Waals surface area contributed by atoms with Crippen LogP contribution in [0.4, 0.5) is 4.39 Å². The molecule has 1 rings (SSSR count). The van der Waals surface area contributed by atoms with Crippen LogP contribution in [0.2, 0.25) is 0 Å². The molecule has 0 aliphatic heterocycles. The SMILES string of the molecule is CC(C)(CNCC(N)CO)c1ccc(F)cc1. The highest BCUT2D eigenvalue weighted by molar-refractivity contribution is 5.24. The van der Waals surface area contributed by atoms with Crippen molar-refractivity contribution in [2.75, 3.05) is 19.7 Å². The van der Waals surface area contributed by atoms with Gasteiger partial charge in [0.1, 0.15) is 5.82 Å². The lowest BCUT2D eigenvalue weighted by molar-refractivity contribution is 0.260. The third kappa shape index (κ3) is 4.42. The predicted molar refractivity (Wildman–Crippen MR) is 67.4 cm³/mol. The Morgan fingerprint density at radius 1 is 1.35 bits per heavy atom. The molecule has 0 bridgehead atoms. The second-order valence-electron chi connectivity index (χ2n) is 4.96. The van der Waals surface area contributed by atoms with Gasteiger partial charge in [-0.15, -0.1) is 0 Å². The molecule has 0 heterocycles. The fraction of sp³-hybridized carbons (Fsp3) is 0.538. The topological polar surface area (TPSA) is 58.3 Å². The highest BCUT2D eigenvalue weighted by Gasteiger charge is 2.20. The van der Waals surface area contributed by atoms with E-state index < -0.39 is 0 Å². The predicted octanol–water partition coefficient (Wildman–Crippen LogP) is 1.01. The maximum Gasteiger partial charge on any atom is 0.123 e. The van der Waals surface area contributed by atoms with E-state index in [9.17, 15) is 4.39 Å². The monoisotopic (exact) mass is 240 g/mol. The Morgan fingerprint density at radius 2 is 1.94 bits per heavy atom. The minimum Gasteiger partial charge on any atom is -0.395 e. The van der Waals surface area contributed by atoms with Crippen molar-refractivity contribution in [3.05, 3.63) is 35.6 Å². The van der Waals surface area contributed by atoms with Crippen molar-refractivity contribution < 1.29 is 9.50 Å². The van der Waals surface area contributed by atoms with Crippen molar-refractivity contribution in [2.24, 2.45) is 5.73 Å². The van der Waals surface area contributed by atoms with Crippen molar-refractivity contribution in [3.8, 4) is 0 Å². The molecule has 0 saturated carbocycles. The summed E-state index contributed by atoms with van der Waals surface area (Å²) < 4.78 is 12.8. The molecule has 0 aliphatic carbocycles. The van der Waals surface area contributed by atoms with Gasteiger partial charge < -0.3 is 16.2 Å². The number of hydrogen-bond donors (Lipinski definition) is 3. The molecule has 0 amide bonds. The Balaban J connectivity index is 2.53. The van der Waals surface area contributed by atoms with Crippen LogP contribution in [0.5, 0.6) is 0 Å². The molecule has 0 aromatic heterocycles. The third-order valence-electron chi connectivity index (χ3n) is 2.83. The maximum atomic E-state index is 12.8. The number of aliphatic hydroxyl groups excluding tert-OH is 1. The molecule has 0 aliphatic rings. The molecule has 3 nitrogen and oxygen atoms in total. The molecule has 1 atom stereocenters. The van der Waals surface area contributed by atoms with Gasteiger partial charge in [-0.2, -0.15) is 0 Å². The minimum atomic E-state index is -0.237. The van der Waals surface area contributed by atoms with Crippen LogP contribution < -0.4 is 11.1 Å². The van der Waals surface area contributed by atoms with Gasteiger partial charge in [-0.1, -0.05) is 26.0 Å². The van der Waals surface area contributed by atoms with Crippen LogP contribution in [0, 0.1) is 5.82 Å². The molecule has 1 aromatic carbocycles. The summed E-state index contributed by atoms with van der Waals surface area (Å²) in [6.07, 6.45) is 0. The number of aliphatic hydroxyl groups is 1. The van der Waals surface area contributed by atoms with Crippen LogP contribution >= 0.6 is 0 Å². The van der Waals surface area contributed by atoms with Crippen molar-refractivity contribution in [3.63, 3.8) is 0 Å². The van der Waals surface area contributed by atoms with Crippen molar-refractivity contribution in [1.29, 1.82) is 0 Å². The average Bonchev–Trinajstić information content (AvgIpc) is 2.29. The number of nitrogens with two attached hydrogens (primary N) is 1. The molecular weight excluding hydrogens is 219 g/mol. The van der Waals surface area contributed by atoms with Crippen LogP contribution in [-0.4, -0.2) is 30.8 Å². The summed E-state index contributed by atoms with van der Waals surface area (Å²) in [5, 5.41) is 12.0. The maximum absolute atomic E-state index is 12.8. The lowest BCUT2D eigenvalue weighted by Gasteiger charge is -2.26. The van der Waals surface area contributed by atoms with E-state index in [0.29, 0.717) is 6.54 Å². The number of halogens is 1. The van der Waals surface area contributed by atoms with Crippen LogP contribution in [0.15, 0.2) is 24.3 Å². The van der Waals surface area contributed by atoms with Gasteiger partial charge in [-0.3, -0.25) is 0 Å². The Labute approximate surface area is 102 Å². The smallest absolute Gasteiger partial charge is 0.123 e. The van der Waals surface area contributed by atoms with Crippen molar-refractivity contribution in [2.45, 2.75) is 25.3 Å². The van der Waals surface area contributed by atoms with Crippen LogP contribution in [-0.2, 0) is 5.41 Å². The minimum absolute atomic E-state index is 0.0238. The third-order valence-corrected chi connectivity index (χ3v) is 2.83. The molecule has 0 saturated heterocycles. The highest BCUT2D eigenvalue weighted by Crippen LogP contribution is 2.22. The molecule has 0 fully saturated rings. The largest absolute Gasteiger partial charge is 0.395 e. The standard InChI is InChI=1S/C13H21FN2O/c1-13(2,9-16-7-12(15)8-17)10-3-5-11(14)6-4-10/h3-6,12,16-17H,7-9,15H2,1-2H3. The van der Waals surface area contributed by atoms with E-state index >= 15 is 0 Å². The second kappa shape index (κ2) is 6.10. The van der Waals surface area contributed by atoms with E-state index in [4.69, 9.17) is 10.8 Å². The first kappa shape index (κ1) is 14.1. The molecule has 0 spiro atoms. The van der Waals surface area contributed by atoms with Gasteiger partial charge in [0.25, 0.3) is 0 Å². The molecule has 4 heteroatoms. The first-order chi connectivity index (χ1) is 7.95. The molecule has 1 unspecified atom stereocenters. The molecule has 0 radical (unpaired) electrons. The Bertz CT molecular complexity index is 338. The van der Waals surface area contributed by atoms with Crippen molar-refractivity contribution in [1.82, 2.24) is 5.32 Å². The quantitative estimate of drug-likeness (QED) is 0.695. The Hall–Kier alpha value is -0.970. The number of benzene rings is 1. The zero-order valence-corrected chi connectivity index (χ0v) is 10.4. The number of nitrogens with one attached hydrogen (secondary N) is 1. The molecule has 1 aromatic rings. The van der Waals surface area contributed by atoms with Gasteiger partial charge in [0, 0.05) is 24.5 Å². The van der Waals surface area contributed by atoms with Gasteiger partial charge in [0.15, 0.2) is 0 Å². The van der Waals surface area contributed by atoms with E-state index in [1.807, 2.05) is 0 Å². The average molecular weight is 240 g/mol. The highest BCUT2D eigenvalue weighted by atomic mass is 19.1. The zero-order chi connectivity index (χ0) is 12.9. The molecule has 4 N–H and O–H groups in total. The van der Waals surface area contributed by atoms with E-state index in [1.165, 1.54) is 12.1 Å². The van der Waals surface area contributed by atoms with Crippen molar-refractivity contribution >= 4 is 0 Å². The van der Waals surface area contributed by atoms with Crippen LogP contribution in [0.3, 0.4) is 0 Å². The summed E-state index contributed by atoms with van der Waals surface area (Å²) in [5.74, 6) is -0.222. The van der Waals surface area contributed by atoms with E-state index in [1.54, 1.807) is 12.1 Å². The lowest BCUT2D eigenvalue weighted by Crippen LogP contribution is -2.41. The molecule has 96 valence electrons. The zero-order valence-electron chi connectivity index (χ0n) is 10.4. The van der Waals surface area contributed by atoms with Gasteiger partial charge in [0.05, 0.1) is 6.61 Å². The number of hydrogen-bond acceptors (Lipinski definition) is 3. The summed E-state index contributed by atoms with van der Waals surface area (Å²) in [6, 6.07) is 6.29. The molecule has 17 heavy (non-hydrogen) atoms. The first-order valence-corrected chi connectivity index (χ1v) is 5.79. The normalized spacial score (nSPS) is 13.7. The summed E-state index contributed by atoms with van der Waals surface area (Å²) in [4.78, 5) is 0. The van der Waals surface area contributed by atoms with Crippen LogP contribution in [0.25, 0.3) is 0 Å². The Morgan fingerprint density at radius 3 is 2.47 bits per heavy atom. The van der Waals surface area contributed by atoms with Gasteiger partial charge in [0.2, 0.25) is 0 Å². The van der Waals surface area contributed by atoms with E-state index in [0.717, 1.165) is 12.1 Å². The summed E-state index contributed by atoms with van der Waals surface area (Å²) in [7, 11) is 0. The Kier molecular flexibility index (Phi) is 5.05. The van der Waals surface area contributed by atoms with E-state index in [-0.39, 0.29) is 23.9 Å². The fourth-order valence-electron chi connectivity index (χ4n) is 1.64. The summed E-state index contributed by atoms with van der Waals surface area (Å²) >= 11 is 0. The van der Waals surface area contributed by atoms with Gasteiger partial charge >= 0.3 is 0 Å². The summed E-state index contributed by atoms with van der Waals surface area (Å²) in [6.45, 7) is 5.44.